The highest BCUT2D eigenvalue weighted by atomic mass is 19.4. The Morgan fingerprint density at radius 1 is 1.21 bits per heavy atom. The predicted molar refractivity (Wildman–Crippen MR) is 95.9 cm³/mol. The molecule has 0 aliphatic carbocycles. The van der Waals surface area contributed by atoms with E-state index in [1.165, 1.54) is 23.2 Å². The van der Waals surface area contributed by atoms with Crippen LogP contribution in [-0.2, 0) is 15.8 Å². The van der Waals surface area contributed by atoms with Crippen molar-refractivity contribution in [2.24, 2.45) is 5.92 Å². The van der Waals surface area contributed by atoms with Crippen molar-refractivity contribution in [2.45, 2.75) is 26.1 Å². The van der Waals surface area contributed by atoms with Gasteiger partial charge in [-0.15, -0.1) is 0 Å². The lowest BCUT2D eigenvalue weighted by atomic mass is 10.0. The van der Waals surface area contributed by atoms with Gasteiger partial charge >= 0.3 is 6.18 Å². The molecule has 1 unspecified atom stereocenters. The summed E-state index contributed by atoms with van der Waals surface area (Å²) in [5.74, 6) is -0.737. The van der Waals surface area contributed by atoms with Gasteiger partial charge in [-0.1, -0.05) is 13.8 Å². The maximum atomic E-state index is 13.1. The van der Waals surface area contributed by atoms with Crippen LogP contribution in [0.15, 0.2) is 42.6 Å². The summed E-state index contributed by atoms with van der Waals surface area (Å²) < 4.78 is 43.8. The minimum atomic E-state index is -4.46. The molecule has 0 radical (unpaired) electrons. The summed E-state index contributed by atoms with van der Waals surface area (Å²) in [6.45, 7) is 3.27. The number of nitrogens with zero attached hydrogens (tertiary/aromatic N) is 2. The van der Waals surface area contributed by atoms with Gasteiger partial charge in [0.1, 0.15) is 12.3 Å². The number of hydrogen-bond donors (Lipinski definition) is 1. The standard InChI is InChI=1S/C19H18F3N3O3/c1-11(2)16(28-13-7-5-12(6-8-13)19(20,21)22)18(27)25-10-15(26)24-14-4-3-9-23-17(14)25/h3-9,11,16H,10H2,1-2H3,(H,24,26). The minimum Gasteiger partial charge on any atom is -0.480 e. The smallest absolute Gasteiger partial charge is 0.416 e. The number of fused-ring (bicyclic) bond motifs is 1. The third-order valence-electron chi connectivity index (χ3n) is 4.18. The second-order valence-electron chi connectivity index (χ2n) is 6.65. The molecular weight excluding hydrogens is 375 g/mol. The van der Waals surface area contributed by atoms with Crippen LogP contribution in [-0.4, -0.2) is 29.4 Å². The van der Waals surface area contributed by atoms with E-state index in [4.69, 9.17) is 4.74 Å². The monoisotopic (exact) mass is 393 g/mol. The highest BCUT2D eigenvalue weighted by Crippen LogP contribution is 2.32. The summed E-state index contributed by atoms with van der Waals surface area (Å²) in [4.78, 5) is 30.4. The molecule has 0 saturated carbocycles. The average Bonchev–Trinajstić information content (AvgIpc) is 2.64. The van der Waals surface area contributed by atoms with Crippen molar-refractivity contribution in [1.29, 1.82) is 0 Å². The summed E-state index contributed by atoms with van der Waals surface area (Å²) in [6, 6.07) is 7.37. The number of rotatable bonds is 4. The van der Waals surface area contributed by atoms with Gasteiger partial charge in [-0.3, -0.25) is 14.5 Å². The van der Waals surface area contributed by atoms with Gasteiger partial charge in [0.15, 0.2) is 11.9 Å². The molecule has 0 saturated heterocycles. The molecule has 1 aliphatic rings. The van der Waals surface area contributed by atoms with Crippen LogP contribution in [0.3, 0.4) is 0 Å². The van der Waals surface area contributed by atoms with Gasteiger partial charge in [-0.25, -0.2) is 4.98 Å². The number of amides is 2. The molecule has 1 N–H and O–H groups in total. The van der Waals surface area contributed by atoms with E-state index in [2.05, 4.69) is 10.3 Å². The first-order valence-corrected chi connectivity index (χ1v) is 8.57. The second kappa shape index (κ2) is 7.49. The first-order chi connectivity index (χ1) is 13.2. The maximum Gasteiger partial charge on any atom is 0.416 e. The summed E-state index contributed by atoms with van der Waals surface area (Å²) in [7, 11) is 0. The van der Waals surface area contributed by atoms with E-state index >= 15 is 0 Å². The van der Waals surface area contributed by atoms with Crippen LogP contribution in [0, 0.1) is 5.92 Å². The normalized spacial score (nSPS) is 15.1. The third kappa shape index (κ3) is 4.08. The van der Waals surface area contributed by atoms with Crippen molar-refractivity contribution < 1.29 is 27.5 Å². The Bertz CT molecular complexity index is 882. The van der Waals surface area contributed by atoms with Crippen LogP contribution >= 0.6 is 0 Å². The predicted octanol–water partition coefficient (Wildman–Crippen LogP) is 3.49. The first kappa shape index (κ1) is 19.7. The molecule has 0 fully saturated rings. The number of carbonyl (C=O) groups excluding carboxylic acids is 2. The van der Waals surface area contributed by atoms with Crippen molar-refractivity contribution >= 4 is 23.3 Å². The summed E-state index contributed by atoms with van der Waals surface area (Å²) in [5, 5.41) is 2.64. The van der Waals surface area contributed by atoms with Crippen LogP contribution < -0.4 is 15.0 Å². The molecule has 1 aromatic carbocycles. The molecule has 1 atom stereocenters. The summed E-state index contributed by atoms with van der Waals surface area (Å²) in [5.41, 5.74) is -0.401. The number of alkyl halides is 3. The van der Waals surface area contributed by atoms with Gasteiger partial charge in [-0.05, 0) is 42.3 Å². The van der Waals surface area contributed by atoms with Gasteiger partial charge in [0.05, 0.1) is 11.3 Å². The fourth-order valence-electron chi connectivity index (χ4n) is 2.79. The van der Waals surface area contributed by atoms with Gasteiger partial charge in [0, 0.05) is 6.20 Å². The number of aromatic nitrogens is 1. The fraction of sp³-hybridized carbons (Fsp3) is 0.316. The van der Waals surface area contributed by atoms with Crippen molar-refractivity contribution in [2.75, 3.05) is 16.8 Å². The van der Waals surface area contributed by atoms with Crippen LogP contribution in [0.1, 0.15) is 19.4 Å². The Hall–Kier alpha value is -3.10. The first-order valence-electron chi connectivity index (χ1n) is 8.57. The van der Waals surface area contributed by atoms with Crippen LogP contribution in [0.2, 0.25) is 0 Å². The number of ether oxygens (including phenoxy) is 1. The quantitative estimate of drug-likeness (QED) is 0.863. The molecule has 2 amide bonds. The SMILES string of the molecule is CC(C)C(Oc1ccc(C(F)(F)F)cc1)C(=O)N1CC(=O)Nc2cccnc21. The number of benzene rings is 1. The maximum absolute atomic E-state index is 13.1. The average molecular weight is 393 g/mol. The van der Waals surface area contributed by atoms with Gasteiger partial charge in [0.25, 0.3) is 5.91 Å². The summed E-state index contributed by atoms with van der Waals surface area (Å²) >= 11 is 0. The number of hydrogen-bond acceptors (Lipinski definition) is 4. The molecule has 2 aromatic rings. The Morgan fingerprint density at radius 3 is 2.50 bits per heavy atom. The zero-order valence-corrected chi connectivity index (χ0v) is 15.2. The molecule has 1 aromatic heterocycles. The molecule has 1 aliphatic heterocycles. The van der Waals surface area contributed by atoms with E-state index in [0.717, 1.165) is 12.1 Å². The Morgan fingerprint density at radius 2 is 1.89 bits per heavy atom. The van der Waals surface area contributed by atoms with E-state index in [9.17, 15) is 22.8 Å². The lowest BCUT2D eigenvalue weighted by Crippen LogP contribution is -2.50. The van der Waals surface area contributed by atoms with E-state index in [1.54, 1.807) is 26.0 Å². The van der Waals surface area contributed by atoms with Crippen LogP contribution in [0.4, 0.5) is 24.7 Å². The lowest BCUT2D eigenvalue weighted by Gasteiger charge is -2.32. The Labute approximate surface area is 159 Å². The van der Waals surface area contributed by atoms with Crippen molar-refractivity contribution in [1.82, 2.24) is 4.98 Å². The number of anilines is 2. The Kier molecular flexibility index (Phi) is 5.26. The zero-order valence-electron chi connectivity index (χ0n) is 15.2. The number of pyridine rings is 1. The van der Waals surface area contributed by atoms with Crippen LogP contribution in [0.25, 0.3) is 0 Å². The number of halogens is 3. The topological polar surface area (TPSA) is 71.5 Å². The molecule has 148 valence electrons. The highest BCUT2D eigenvalue weighted by molar-refractivity contribution is 6.10. The highest BCUT2D eigenvalue weighted by Gasteiger charge is 2.35. The lowest BCUT2D eigenvalue weighted by molar-refractivity contribution is -0.137. The minimum absolute atomic E-state index is 0.128. The van der Waals surface area contributed by atoms with E-state index in [1.807, 2.05) is 0 Å². The van der Waals surface area contributed by atoms with Gasteiger partial charge in [0.2, 0.25) is 5.91 Å². The molecule has 28 heavy (non-hydrogen) atoms. The van der Waals surface area contributed by atoms with E-state index in [-0.39, 0.29) is 24.1 Å². The second-order valence-corrected chi connectivity index (χ2v) is 6.65. The summed E-state index contributed by atoms with van der Waals surface area (Å²) in [6.07, 6.45) is -3.96. The van der Waals surface area contributed by atoms with Gasteiger partial charge in [-0.2, -0.15) is 13.2 Å². The fourth-order valence-corrected chi connectivity index (χ4v) is 2.79. The van der Waals surface area contributed by atoms with E-state index < -0.39 is 23.8 Å². The van der Waals surface area contributed by atoms with E-state index in [0.29, 0.717) is 11.5 Å². The van der Waals surface area contributed by atoms with Crippen LogP contribution in [0.5, 0.6) is 5.75 Å². The molecular formula is C19H18F3N3O3. The molecule has 0 spiro atoms. The van der Waals surface area contributed by atoms with Crippen molar-refractivity contribution in [3.63, 3.8) is 0 Å². The number of carbonyl (C=O) groups is 2. The molecule has 6 nitrogen and oxygen atoms in total. The molecule has 0 bridgehead atoms. The number of nitrogens with one attached hydrogen (secondary N) is 1. The van der Waals surface area contributed by atoms with Crippen molar-refractivity contribution in [3.05, 3.63) is 48.2 Å². The molecule has 9 heteroatoms. The third-order valence-corrected chi connectivity index (χ3v) is 4.18. The largest absolute Gasteiger partial charge is 0.480 e. The Balaban J connectivity index is 1.85. The zero-order chi connectivity index (χ0) is 20.5. The van der Waals surface area contributed by atoms with Crippen molar-refractivity contribution in [3.8, 4) is 5.75 Å². The van der Waals surface area contributed by atoms with Gasteiger partial charge < -0.3 is 10.1 Å². The molecule has 3 rings (SSSR count). The molecule has 2 heterocycles.